The van der Waals surface area contributed by atoms with E-state index in [-0.39, 0.29) is 0 Å². The number of nitrogens with zero attached hydrogens (tertiary/aromatic N) is 3. The maximum Gasteiger partial charge on any atom is 0.164 e. The molecule has 2 aliphatic rings. The van der Waals surface area contributed by atoms with Crippen LogP contribution in [0.1, 0.15) is 42.6 Å². The average molecular weight is 556 g/mol. The van der Waals surface area contributed by atoms with Gasteiger partial charge in [0.1, 0.15) is 11.2 Å². The van der Waals surface area contributed by atoms with Gasteiger partial charge in [-0.05, 0) is 72.2 Å². The second kappa shape index (κ2) is 10.8. The highest BCUT2D eigenvalue weighted by Gasteiger charge is 2.19. The van der Waals surface area contributed by atoms with Crippen molar-refractivity contribution < 1.29 is 4.42 Å². The van der Waals surface area contributed by atoms with Gasteiger partial charge in [0, 0.05) is 27.5 Å². The number of hydrogen-bond acceptors (Lipinski definition) is 4. The maximum atomic E-state index is 6.20. The zero-order valence-corrected chi connectivity index (χ0v) is 23.7. The van der Waals surface area contributed by atoms with Crippen LogP contribution in [-0.2, 0) is 0 Å². The van der Waals surface area contributed by atoms with Gasteiger partial charge in [-0.25, -0.2) is 15.0 Å². The third-order valence-corrected chi connectivity index (χ3v) is 8.23. The van der Waals surface area contributed by atoms with Crippen molar-refractivity contribution in [2.75, 3.05) is 0 Å². The first kappa shape index (κ1) is 25.4. The summed E-state index contributed by atoms with van der Waals surface area (Å²) in [5, 5.41) is 2.30. The Hall–Kier alpha value is -5.35. The van der Waals surface area contributed by atoms with Gasteiger partial charge in [0.25, 0.3) is 0 Å². The van der Waals surface area contributed by atoms with Gasteiger partial charge in [-0.1, -0.05) is 103 Å². The lowest BCUT2D eigenvalue weighted by molar-refractivity contribution is 0.669. The molecule has 0 atom stereocenters. The molecule has 8 rings (SSSR count). The number of benzene rings is 4. The van der Waals surface area contributed by atoms with Crippen LogP contribution in [0, 0.1) is 0 Å². The average Bonchev–Trinajstić information content (AvgIpc) is 3.48. The monoisotopic (exact) mass is 555 g/mol. The first-order valence-electron chi connectivity index (χ1n) is 14.9. The molecule has 0 saturated carbocycles. The molecule has 4 heteroatoms. The highest BCUT2D eigenvalue weighted by atomic mass is 16.3. The minimum atomic E-state index is 0.673. The van der Waals surface area contributed by atoms with Crippen molar-refractivity contribution in [3.05, 3.63) is 144 Å². The molecule has 0 bridgehead atoms. The fraction of sp³-hybridized carbons (Fsp3) is 0.103. The van der Waals surface area contributed by atoms with Crippen LogP contribution >= 0.6 is 0 Å². The largest absolute Gasteiger partial charge is 0.456 e. The lowest BCUT2D eigenvalue weighted by atomic mass is 9.90. The first-order valence-corrected chi connectivity index (χ1v) is 14.9. The Balaban J connectivity index is 1.25. The van der Waals surface area contributed by atoms with Crippen LogP contribution in [0.5, 0.6) is 0 Å². The summed E-state index contributed by atoms with van der Waals surface area (Å²) in [6.07, 6.45) is 15.3. The second-order valence-electron chi connectivity index (χ2n) is 11.0. The molecule has 0 saturated heterocycles. The third kappa shape index (κ3) is 4.81. The van der Waals surface area contributed by atoms with E-state index in [9.17, 15) is 0 Å². The molecule has 4 aromatic carbocycles. The molecule has 2 heterocycles. The zero-order valence-electron chi connectivity index (χ0n) is 23.7. The van der Waals surface area contributed by atoms with Crippen LogP contribution in [0.25, 0.3) is 61.4 Å². The number of para-hydroxylation sites is 1. The van der Waals surface area contributed by atoms with Gasteiger partial charge in [0.2, 0.25) is 0 Å². The van der Waals surface area contributed by atoms with E-state index >= 15 is 0 Å². The number of fused-ring (bicyclic) bond motifs is 3. The maximum absolute atomic E-state index is 6.20. The smallest absolute Gasteiger partial charge is 0.164 e. The number of allylic oxidation sites excluding steroid dienone is 8. The molecule has 206 valence electrons. The predicted molar refractivity (Wildman–Crippen MR) is 176 cm³/mol. The molecule has 0 amide bonds. The number of hydrogen-bond donors (Lipinski definition) is 0. The van der Waals surface area contributed by atoms with E-state index < -0.39 is 0 Å². The van der Waals surface area contributed by atoms with Gasteiger partial charge in [-0.3, -0.25) is 0 Å². The van der Waals surface area contributed by atoms with Crippen molar-refractivity contribution in [3.63, 3.8) is 0 Å². The zero-order chi connectivity index (χ0) is 28.6. The summed E-state index contributed by atoms with van der Waals surface area (Å²) in [5.41, 5.74) is 9.67. The fourth-order valence-electron chi connectivity index (χ4n) is 6.13. The Bertz CT molecular complexity index is 2130. The standard InChI is InChI=1S/C39H29N3O/c1-3-12-26(13-4-1)28-16-9-18-30(24-28)38-40-37(27-14-5-2-6-15-27)41-39(42-38)31-19-10-17-29(25-31)32-21-11-23-35-36(32)33-20-7-8-22-34(33)43-35/h2-3,5-9,11-16,18-25H,1,4,10,17H2. The van der Waals surface area contributed by atoms with Crippen LogP contribution in [-0.4, -0.2) is 15.0 Å². The van der Waals surface area contributed by atoms with Gasteiger partial charge >= 0.3 is 0 Å². The Labute approximate surface area is 250 Å². The van der Waals surface area contributed by atoms with Crippen LogP contribution in [0.2, 0.25) is 0 Å². The molecular formula is C39H29N3O. The SMILES string of the molecule is C1=CC(c2cccc(-c3nc(C4=CCCC(c5cccc6oc7ccccc7c56)=C4)nc(-c4ccccc4)n3)c2)=CCC1. The Morgan fingerprint density at radius 1 is 0.558 bits per heavy atom. The molecule has 0 fully saturated rings. The molecule has 0 N–H and O–H groups in total. The van der Waals surface area contributed by atoms with Crippen molar-refractivity contribution in [2.45, 2.75) is 25.7 Å². The normalized spacial score (nSPS) is 14.9. The number of furan rings is 1. The van der Waals surface area contributed by atoms with E-state index in [4.69, 9.17) is 19.4 Å². The molecule has 0 spiro atoms. The first-order chi connectivity index (χ1) is 21.3. The Morgan fingerprint density at radius 2 is 1.28 bits per heavy atom. The van der Waals surface area contributed by atoms with E-state index in [2.05, 4.69) is 97.1 Å². The number of aromatic nitrogens is 3. The fourth-order valence-corrected chi connectivity index (χ4v) is 6.13. The molecule has 2 aromatic heterocycles. The lowest BCUT2D eigenvalue weighted by Crippen LogP contribution is -2.04. The van der Waals surface area contributed by atoms with E-state index in [0.717, 1.165) is 64.3 Å². The van der Waals surface area contributed by atoms with Crippen molar-refractivity contribution >= 4 is 38.7 Å². The van der Waals surface area contributed by atoms with Crippen LogP contribution in [0.3, 0.4) is 0 Å². The summed E-state index contributed by atoms with van der Waals surface area (Å²) in [5.74, 6) is 2.04. The van der Waals surface area contributed by atoms with Gasteiger partial charge < -0.3 is 4.42 Å². The van der Waals surface area contributed by atoms with E-state index in [1.54, 1.807) is 0 Å². The summed E-state index contributed by atoms with van der Waals surface area (Å²) < 4.78 is 6.20. The van der Waals surface area contributed by atoms with Gasteiger partial charge in [-0.15, -0.1) is 0 Å². The van der Waals surface area contributed by atoms with Crippen molar-refractivity contribution in [1.29, 1.82) is 0 Å². The molecule has 0 radical (unpaired) electrons. The summed E-state index contributed by atoms with van der Waals surface area (Å²) in [6.45, 7) is 0. The van der Waals surface area contributed by atoms with Gasteiger partial charge in [0.15, 0.2) is 17.5 Å². The molecule has 43 heavy (non-hydrogen) atoms. The summed E-state index contributed by atoms with van der Waals surface area (Å²) in [6, 6.07) is 33.3. The molecule has 4 nitrogen and oxygen atoms in total. The highest BCUT2D eigenvalue weighted by Crippen LogP contribution is 2.39. The van der Waals surface area contributed by atoms with Crippen LogP contribution in [0.4, 0.5) is 0 Å². The van der Waals surface area contributed by atoms with E-state index in [1.165, 1.54) is 22.3 Å². The molecule has 2 aliphatic carbocycles. The van der Waals surface area contributed by atoms with Crippen molar-refractivity contribution in [2.24, 2.45) is 0 Å². The van der Waals surface area contributed by atoms with E-state index in [0.29, 0.717) is 17.5 Å². The quantitative estimate of drug-likeness (QED) is 0.212. The van der Waals surface area contributed by atoms with Crippen molar-refractivity contribution in [1.82, 2.24) is 15.0 Å². The Kier molecular flexibility index (Phi) is 6.38. The molecule has 0 aliphatic heterocycles. The third-order valence-electron chi connectivity index (χ3n) is 8.23. The second-order valence-corrected chi connectivity index (χ2v) is 11.0. The summed E-state index contributed by atoms with van der Waals surface area (Å²) >= 11 is 0. The number of rotatable bonds is 5. The summed E-state index contributed by atoms with van der Waals surface area (Å²) in [4.78, 5) is 15.1. The predicted octanol–water partition coefficient (Wildman–Crippen LogP) is 10.1. The topological polar surface area (TPSA) is 51.8 Å². The summed E-state index contributed by atoms with van der Waals surface area (Å²) in [7, 11) is 0. The molecule has 6 aromatic rings. The Morgan fingerprint density at radius 3 is 2.16 bits per heavy atom. The van der Waals surface area contributed by atoms with Gasteiger partial charge in [-0.2, -0.15) is 0 Å². The minimum Gasteiger partial charge on any atom is -0.456 e. The van der Waals surface area contributed by atoms with Crippen LogP contribution < -0.4 is 0 Å². The highest BCUT2D eigenvalue weighted by molar-refractivity contribution is 6.11. The van der Waals surface area contributed by atoms with Gasteiger partial charge in [0.05, 0.1) is 0 Å². The van der Waals surface area contributed by atoms with Crippen LogP contribution in [0.15, 0.2) is 132 Å². The molecule has 0 unspecified atom stereocenters. The lowest BCUT2D eigenvalue weighted by Gasteiger charge is -2.16. The minimum absolute atomic E-state index is 0.673. The van der Waals surface area contributed by atoms with Crippen molar-refractivity contribution in [3.8, 4) is 22.8 Å². The van der Waals surface area contributed by atoms with E-state index in [1.807, 2.05) is 30.3 Å². The molecular weight excluding hydrogens is 526 g/mol.